The number of esters is 1. The molecule has 1 heterocycles. The summed E-state index contributed by atoms with van der Waals surface area (Å²) in [6.45, 7) is 1.96. The maximum Gasteiger partial charge on any atom is 0.363 e. The van der Waals surface area contributed by atoms with Gasteiger partial charge in [-0.3, -0.25) is 0 Å². The van der Waals surface area contributed by atoms with Crippen LogP contribution in [0.25, 0.3) is 0 Å². The molecule has 0 aliphatic rings. The second-order valence-electron chi connectivity index (χ2n) is 2.02. The van der Waals surface area contributed by atoms with Gasteiger partial charge in [0.15, 0.2) is 6.20 Å². The lowest BCUT2D eigenvalue weighted by atomic mass is 10.4. The molecule has 0 unspecified atom stereocenters. The fourth-order valence-corrected chi connectivity index (χ4v) is 0.687. The largest absolute Gasteiger partial charge is 0.619 e. The molecule has 0 aromatic carbocycles. The molecule has 5 heteroatoms. The van der Waals surface area contributed by atoms with Gasteiger partial charge in [0, 0.05) is 0 Å². The van der Waals surface area contributed by atoms with Crippen LogP contribution in [0.4, 0.5) is 0 Å². The molecule has 0 spiro atoms. The molecule has 64 valence electrons. The van der Waals surface area contributed by atoms with Crippen molar-refractivity contribution in [3.63, 3.8) is 0 Å². The van der Waals surface area contributed by atoms with Crippen LogP contribution >= 0.6 is 0 Å². The summed E-state index contributed by atoms with van der Waals surface area (Å²) in [6, 6.07) is 0. The van der Waals surface area contributed by atoms with Gasteiger partial charge in [-0.15, -0.1) is 0 Å². The van der Waals surface area contributed by atoms with Crippen LogP contribution < -0.4 is 4.73 Å². The summed E-state index contributed by atoms with van der Waals surface area (Å²) < 4.78 is 5.13. The molecule has 0 fully saturated rings. The van der Waals surface area contributed by atoms with Crippen molar-refractivity contribution >= 4 is 5.97 Å². The Morgan fingerprint density at radius 3 is 3.17 bits per heavy atom. The van der Waals surface area contributed by atoms with Crippen LogP contribution in [0.2, 0.25) is 0 Å². The Kier molecular flexibility index (Phi) is 2.57. The highest BCUT2D eigenvalue weighted by Crippen LogP contribution is 1.92. The molecule has 0 bridgehead atoms. The summed E-state index contributed by atoms with van der Waals surface area (Å²) in [5.74, 6) is -0.581. The first-order chi connectivity index (χ1) is 5.74. The van der Waals surface area contributed by atoms with Gasteiger partial charge in [0.25, 0.3) is 0 Å². The van der Waals surface area contributed by atoms with E-state index in [-0.39, 0.29) is 12.3 Å². The van der Waals surface area contributed by atoms with E-state index in [0.29, 0.717) is 4.73 Å². The molecular formula is C7H8N2O3. The highest BCUT2D eigenvalue weighted by Gasteiger charge is 2.10. The van der Waals surface area contributed by atoms with Crippen LogP contribution in [0, 0.1) is 5.21 Å². The minimum Gasteiger partial charge on any atom is -0.619 e. The second kappa shape index (κ2) is 3.66. The van der Waals surface area contributed by atoms with E-state index in [0.717, 1.165) is 6.20 Å². The Labute approximate surface area is 69.2 Å². The topological polar surface area (TPSA) is 66.1 Å². The highest BCUT2D eigenvalue weighted by molar-refractivity contribution is 5.86. The van der Waals surface area contributed by atoms with Gasteiger partial charge in [0.2, 0.25) is 11.9 Å². The van der Waals surface area contributed by atoms with Crippen molar-refractivity contribution in [2.45, 2.75) is 6.92 Å². The number of hydrogen-bond acceptors (Lipinski definition) is 4. The SMILES string of the molecule is CCOC(=O)c1c[n+]([O-])ccn1. The molecule has 0 aliphatic heterocycles. The van der Waals surface area contributed by atoms with Crippen LogP contribution in [-0.2, 0) is 4.74 Å². The summed E-state index contributed by atoms with van der Waals surface area (Å²) in [4.78, 5) is 14.6. The molecule has 0 radical (unpaired) electrons. The quantitative estimate of drug-likeness (QED) is 0.351. The van der Waals surface area contributed by atoms with E-state index < -0.39 is 5.97 Å². The summed E-state index contributed by atoms with van der Waals surface area (Å²) in [5.41, 5.74) is 0.0225. The van der Waals surface area contributed by atoms with E-state index in [9.17, 15) is 10.0 Å². The van der Waals surface area contributed by atoms with Crippen LogP contribution in [0.3, 0.4) is 0 Å². The van der Waals surface area contributed by atoms with E-state index in [2.05, 4.69) is 9.72 Å². The molecule has 0 aliphatic carbocycles. The summed E-state index contributed by atoms with van der Waals surface area (Å²) in [7, 11) is 0. The molecule has 1 rings (SSSR count). The minimum atomic E-state index is -0.581. The Bertz CT molecular complexity index is 288. The average molecular weight is 168 g/mol. The van der Waals surface area contributed by atoms with Crippen molar-refractivity contribution in [2.24, 2.45) is 0 Å². The van der Waals surface area contributed by atoms with Crippen molar-refractivity contribution in [3.8, 4) is 0 Å². The van der Waals surface area contributed by atoms with Crippen LogP contribution in [0.5, 0.6) is 0 Å². The van der Waals surface area contributed by atoms with Crippen molar-refractivity contribution in [3.05, 3.63) is 29.5 Å². The van der Waals surface area contributed by atoms with E-state index in [4.69, 9.17) is 0 Å². The summed E-state index contributed by atoms with van der Waals surface area (Å²) >= 11 is 0. The molecule has 1 aromatic rings. The maximum absolute atomic E-state index is 11.0. The first-order valence-electron chi connectivity index (χ1n) is 3.46. The standard InChI is InChI=1S/C7H8N2O3/c1-2-12-7(10)6-5-9(11)4-3-8-6/h3-5H,2H2,1H3. The second-order valence-corrected chi connectivity index (χ2v) is 2.02. The number of aromatic nitrogens is 2. The number of nitrogens with zero attached hydrogens (tertiary/aromatic N) is 2. The van der Waals surface area contributed by atoms with Crippen molar-refractivity contribution in [1.82, 2.24) is 4.98 Å². The Morgan fingerprint density at radius 2 is 2.58 bits per heavy atom. The van der Waals surface area contributed by atoms with Gasteiger partial charge < -0.3 is 9.94 Å². The molecule has 0 N–H and O–H groups in total. The lowest BCUT2D eigenvalue weighted by Crippen LogP contribution is -2.27. The van der Waals surface area contributed by atoms with Gasteiger partial charge in [-0.2, -0.15) is 4.73 Å². The smallest absolute Gasteiger partial charge is 0.363 e. The van der Waals surface area contributed by atoms with E-state index in [1.807, 2.05) is 0 Å². The van der Waals surface area contributed by atoms with Gasteiger partial charge in [0.1, 0.15) is 0 Å². The molecule has 0 amide bonds. The number of ether oxygens (including phenoxy) is 1. The molecule has 12 heavy (non-hydrogen) atoms. The molecule has 0 saturated carbocycles. The average Bonchev–Trinajstić information content (AvgIpc) is 2.05. The third-order valence-corrected chi connectivity index (χ3v) is 1.16. The Morgan fingerprint density at radius 1 is 1.83 bits per heavy atom. The fraction of sp³-hybridized carbons (Fsp3) is 0.286. The van der Waals surface area contributed by atoms with Gasteiger partial charge in [-0.05, 0) is 6.92 Å². The third-order valence-electron chi connectivity index (χ3n) is 1.16. The predicted molar refractivity (Wildman–Crippen MR) is 39.2 cm³/mol. The zero-order valence-corrected chi connectivity index (χ0v) is 6.56. The molecule has 0 saturated heterocycles. The van der Waals surface area contributed by atoms with Crippen LogP contribution in [-0.4, -0.2) is 17.6 Å². The normalized spacial score (nSPS) is 9.42. The first kappa shape index (κ1) is 8.45. The van der Waals surface area contributed by atoms with Gasteiger partial charge in [-0.1, -0.05) is 0 Å². The van der Waals surface area contributed by atoms with Crippen molar-refractivity contribution in [2.75, 3.05) is 6.61 Å². The summed E-state index contributed by atoms with van der Waals surface area (Å²) in [5, 5.41) is 10.7. The first-order valence-corrected chi connectivity index (χ1v) is 3.46. The van der Waals surface area contributed by atoms with E-state index in [1.54, 1.807) is 6.92 Å². The predicted octanol–water partition coefficient (Wildman–Crippen LogP) is -0.108. The highest BCUT2D eigenvalue weighted by atomic mass is 16.5. The third kappa shape index (κ3) is 1.91. The number of carbonyl (C=O) groups is 1. The van der Waals surface area contributed by atoms with E-state index in [1.165, 1.54) is 12.4 Å². The van der Waals surface area contributed by atoms with Gasteiger partial charge in [0.05, 0.1) is 12.8 Å². The maximum atomic E-state index is 11.0. The fourth-order valence-electron chi connectivity index (χ4n) is 0.687. The molecule has 1 aromatic heterocycles. The molecular weight excluding hydrogens is 160 g/mol. The summed E-state index contributed by atoms with van der Waals surface area (Å²) in [6.07, 6.45) is 3.51. The monoisotopic (exact) mass is 168 g/mol. The van der Waals surface area contributed by atoms with Crippen LogP contribution in [0.1, 0.15) is 17.4 Å². The van der Waals surface area contributed by atoms with Crippen LogP contribution in [0.15, 0.2) is 18.6 Å². The zero-order valence-electron chi connectivity index (χ0n) is 6.56. The van der Waals surface area contributed by atoms with Crippen molar-refractivity contribution in [1.29, 1.82) is 0 Å². The zero-order chi connectivity index (χ0) is 8.97. The lowest BCUT2D eigenvalue weighted by molar-refractivity contribution is -0.606. The Balaban J connectivity index is 2.81. The van der Waals surface area contributed by atoms with Gasteiger partial charge >= 0.3 is 5.97 Å². The molecule has 0 atom stereocenters. The van der Waals surface area contributed by atoms with E-state index >= 15 is 0 Å². The van der Waals surface area contributed by atoms with Gasteiger partial charge in [-0.25, -0.2) is 9.78 Å². The number of hydrogen-bond donors (Lipinski definition) is 0. The lowest BCUT2D eigenvalue weighted by Gasteiger charge is -1.99. The molecule has 5 nitrogen and oxygen atoms in total. The van der Waals surface area contributed by atoms with Crippen molar-refractivity contribution < 1.29 is 14.3 Å². The Hall–Kier alpha value is -1.65. The number of rotatable bonds is 2. The minimum absolute atomic E-state index is 0.0225. The number of carbonyl (C=O) groups excluding carboxylic acids is 1.